The van der Waals surface area contributed by atoms with Gasteiger partial charge < -0.3 is 29.1 Å². The van der Waals surface area contributed by atoms with Crippen LogP contribution in [0.2, 0.25) is 18.6 Å². The molecule has 2 N–H and O–H groups in total. The number of carbonyl (C=O) groups is 2. The van der Waals surface area contributed by atoms with Gasteiger partial charge in [0.05, 0.1) is 37.8 Å². The first kappa shape index (κ1) is 28.9. The summed E-state index contributed by atoms with van der Waals surface area (Å²) in [5, 5.41) is 13.2. The molecule has 2 aromatic rings. The molecule has 3 aliphatic rings. The predicted octanol–water partition coefficient (Wildman–Crippen LogP) is 3.84. The van der Waals surface area contributed by atoms with Gasteiger partial charge in [0, 0.05) is 30.9 Å². The molecular formula is C31H42FN3O4Si. The molecule has 2 saturated heterocycles. The maximum Gasteiger partial charge on any atom is 0.246 e. The number of halogens is 1. The summed E-state index contributed by atoms with van der Waals surface area (Å²) in [6.07, 6.45) is 1.60. The lowest BCUT2D eigenvalue weighted by Crippen LogP contribution is -2.48. The Hall–Kier alpha value is -2.59. The Labute approximate surface area is 237 Å². The number of fused-ring (bicyclic) bond motifs is 1. The van der Waals surface area contributed by atoms with Crippen LogP contribution in [-0.2, 0) is 33.7 Å². The molecule has 0 aromatic heterocycles. The molecule has 0 radical (unpaired) electrons. The highest BCUT2D eigenvalue weighted by atomic mass is 28.4. The Morgan fingerprint density at radius 2 is 1.93 bits per heavy atom. The first-order valence-corrected chi connectivity index (χ1v) is 17.5. The number of nitrogens with one attached hydrogen (secondary N) is 1. The summed E-state index contributed by atoms with van der Waals surface area (Å²) in [6.45, 7) is 7.64. The van der Waals surface area contributed by atoms with Crippen molar-refractivity contribution in [3.63, 3.8) is 0 Å². The molecule has 0 aliphatic carbocycles. The average molecular weight is 568 g/mol. The molecule has 5 atom stereocenters. The second kappa shape index (κ2) is 12.1. The smallest absolute Gasteiger partial charge is 0.246 e. The van der Waals surface area contributed by atoms with E-state index in [4.69, 9.17) is 4.74 Å². The van der Waals surface area contributed by atoms with E-state index in [-0.39, 0.29) is 48.4 Å². The van der Waals surface area contributed by atoms with Gasteiger partial charge in [0.2, 0.25) is 20.2 Å². The molecule has 0 unspecified atom stereocenters. The average Bonchev–Trinajstić information content (AvgIpc) is 3.26. The topological polar surface area (TPSA) is 82.1 Å². The van der Waals surface area contributed by atoms with Crippen molar-refractivity contribution in [2.75, 3.05) is 31.1 Å². The van der Waals surface area contributed by atoms with Crippen LogP contribution in [0.25, 0.3) is 0 Å². The van der Waals surface area contributed by atoms with E-state index in [0.717, 1.165) is 41.8 Å². The SMILES string of the molecule is C[C@@H]1[C@@H]([Si](C)(C)F)[C@H](CC(=O)N2Cc3ccccc3C[C@H]2CO)O[C@@H]1CCc1cccc(N2CCNCC2=O)c1. The van der Waals surface area contributed by atoms with Crippen molar-refractivity contribution >= 4 is 25.9 Å². The molecule has 3 heterocycles. The van der Waals surface area contributed by atoms with Crippen LogP contribution >= 0.6 is 0 Å². The van der Waals surface area contributed by atoms with Crippen LogP contribution in [0.15, 0.2) is 48.5 Å². The molecule has 0 saturated carbocycles. The number of rotatable bonds is 8. The van der Waals surface area contributed by atoms with Crippen molar-refractivity contribution in [2.24, 2.45) is 5.92 Å². The minimum absolute atomic E-state index is 0.00174. The molecule has 2 fully saturated rings. The van der Waals surface area contributed by atoms with E-state index in [2.05, 4.69) is 30.4 Å². The van der Waals surface area contributed by atoms with Gasteiger partial charge in [0.25, 0.3) is 0 Å². The Morgan fingerprint density at radius 1 is 1.15 bits per heavy atom. The van der Waals surface area contributed by atoms with Gasteiger partial charge in [-0.2, -0.15) is 0 Å². The van der Waals surface area contributed by atoms with Crippen LogP contribution < -0.4 is 10.2 Å². The fourth-order valence-corrected chi connectivity index (χ4v) is 9.52. The summed E-state index contributed by atoms with van der Waals surface area (Å²) in [5.41, 5.74) is 4.00. The van der Waals surface area contributed by atoms with Crippen LogP contribution in [0.5, 0.6) is 0 Å². The lowest BCUT2D eigenvalue weighted by Gasteiger charge is -2.37. The molecule has 2 amide bonds. The fraction of sp³-hybridized carbons (Fsp3) is 0.548. The number of aliphatic hydroxyl groups excluding tert-OH is 1. The number of ether oxygens (including phenoxy) is 1. The maximum atomic E-state index is 15.7. The minimum Gasteiger partial charge on any atom is -0.394 e. The van der Waals surface area contributed by atoms with Crippen LogP contribution in [0.4, 0.5) is 9.80 Å². The third-order valence-corrected chi connectivity index (χ3v) is 11.5. The molecule has 3 aliphatic heterocycles. The number of amides is 2. The standard InChI is InChI=1S/C31H42FN3O4Si/c1-21-27(12-11-22-7-6-10-25(15-22)34-14-13-33-18-30(34)38)39-28(31(21)40(2,3)32)17-29(37)35-19-24-9-5-4-8-23(24)16-26(35)20-36/h4-10,15,21,26-28,31,33,36H,11-14,16-20H2,1-3H3/t21-,26-,27+,28-,31+/m0/s1. The summed E-state index contributed by atoms with van der Waals surface area (Å²) < 4.78 is 22.2. The van der Waals surface area contributed by atoms with Gasteiger partial charge in [-0.15, -0.1) is 0 Å². The van der Waals surface area contributed by atoms with Gasteiger partial charge in [0.15, 0.2) is 0 Å². The Bertz CT molecular complexity index is 1220. The second-order valence-electron chi connectivity index (χ2n) is 12.1. The van der Waals surface area contributed by atoms with Gasteiger partial charge >= 0.3 is 0 Å². The lowest BCUT2D eigenvalue weighted by atomic mass is 9.93. The second-order valence-corrected chi connectivity index (χ2v) is 15.9. The largest absolute Gasteiger partial charge is 0.394 e. The summed E-state index contributed by atoms with van der Waals surface area (Å²) in [6, 6.07) is 15.8. The normalized spacial score (nSPS) is 27.1. The molecule has 40 heavy (non-hydrogen) atoms. The highest BCUT2D eigenvalue weighted by molar-refractivity contribution is 6.72. The van der Waals surface area contributed by atoms with Gasteiger partial charge in [-0.25, -0.2) is 0 Å². The molecule has 216 valence electrons. The van der Waals surface area contributed by atoms with Crippen molar-refractivity contribution in [3.8, 4) is 0 Å². The highest BCUT2D eigenvalue weighted by Gasteiger charge is 2.52. The molecular weight excluding hydrogens is 525 g/mol. The summed E-state index contributed by atoms with van der Waals surface area (Å²) in [7, 11) is -3.13. The number of aliphatic hydroxyl groups is 1. The number of anilines is 1. The number of hydrogen-bond donors (Lipinski definition) is 2. The predicted molar refractivity (Wildman–Crippen MR) is 156 cm³/mol. The Kier molecular flexibility index (Phi) is 8.75. The fourth-order valence-electron chi connectivity index (χ4n) is 6.98. The van der Waals surface area contributed by atoms with Crippen LogP contribution in [0, 0.1) is 5.92 Å². The Morgan fingerprint density at radius 3 is 2.65 bits per heavy atom. The van der Waals surface area contributed by atoms with Crippen LogP contribution in [-0.4, -0.2) is 74.7 Å². The summed E-state index contributed by atoms with van der Waals surface area (Å²) in [4.78, 5) is 29.5. The zero-order valence-corrected chi connectivity index (χ0v) is 24.8. The van der Waals surface area contributed by atoms with E-state index in [1.807, 2.05) is 35.2 Å². The lowest BCUT2D eigenvalue weighted by molar-refractivity contribution is -0.138. The van der Waals surface area contributed by atoms with Crippen LogP contribution in [0.3, 0.4) is 0 Å². The quantitative estimate of drug-likeness (QED) is 0.374. The first-order chi connectivity index (χ1) is 19.2. The van der Waals surface area contributed by atoms with Crippen molar-refractivity contribution in [1.29, 1.82) is 0 Å². The Balaban J connectivity index is 1.26. The van der Waals surface area contributed by atoms with E-state index in [0.29, 0.717) is 26.1 Å². The first-order valence-electron chi connectivity index (χ1n) is 14.6. The summed E-state index contributed by atoms with van der Waals surface area (Å²) in [5.74, 6) is -0.0107. The van der Waals surface area contributed by atoms with Gasteiger partial charge in [-0.05, 0) is 67.1 Å². The van der Waals surface area contributed by atoms with Crippen molar-refractivity contribution < 1.29 is 23.5 Å². The van der Waals surface area contributed by atoms with Gasteiger partial charge in [-0.3, -0.25) is 9.59 Å². The minimum atomic E-state index is -3.13. The van der Waals surface area contributed by atoms with E-state index >= 15 is 4.11 Å². The molecule has 5 rings (SSSR count). The number of piperazine rings is 1. The van der Waals surface area contributed by atoms with Crippen LogP contribution in [0.1, 0.15) is 36.5 Å². The molecule has 0 bridgehead atoms. The number of hydrogen-bond acceptors (Lipinski definition) is 5. The zero-order valence-electron chi connectivity index (χ0n) is 23.8. The monoisotopic (exact) mass is 567 g/mol. The van der Waals surface area contributed by atoms with Gasteiger partial charge in [0.1, 0.15) is 0 Å². The third-order valence-electron chi connectivity index (χ3n) is 8.99. The van der Waals surface area contributed by atoms with Crippen molar-refractivity contribution in [2.45, 2.75) is 76.0 Å². The number of aryl methyl sites for hydroxylation is 1. The molecule has 0 spiro atoms. The van der Waals surface area contributed by atoms with Crippen molar-refractivity contribution in [1.82, 2.24) is 10.2 Å². The van der Waals surface area contributed by atoms with E-state index < -0.39 is 14.5 Å². The van der Waals surface area contributed by atoms with E-state index in [1.54, 1.807) is 18.0 Å². The third kappa shape index (κ3) is 6.17. The molecule has 9 heteroatoms. The molecule has 2 aromatic carbocycles. The van der Waals surface area contributed by atoms with Crippen molar-refractivity contribution in [3.05, 3.63) is 65.2 Å². The maximum absolute atomic E-state index is 15.7. The summed E-state index contributed by atoms with van der Waals surface area (Å²) >= 11 is 0. The zero-order chi connectivity index (χ0) is 28.4. The number of carbonyl (C=O) groups excluding carboxylic acids is 2. The number of nitrogens with zero attached hydrogens (tertiary/aromatic N) is 2. The number of benzene rings is 2. The van der Waals surface area contributed by atoms with E-state index in [1.165, 1.54) is 0 Å². The molecule has 7 nitrogen and oxygen atoms in total. The van der Waals surface area contributed by atoms with Gasteiger partial charge in [-0.1, -0.05) is 43.3 Å². The van der Waals surface area contributed by atoms with E-state index in [9.17, 15) is 14.7 Å². The highest BCUT2D eigenvalue weighted by Crippen LogP contribution is 2.47.